The van der Waals surface area contributed by atoms with Crippen molar-refractivity contribution in [3.63, 3.8) is 0 Å². The number of rotatable bonds is 11. The molecule has 194 valence electrons. The molecule has 0 radical (unpaired) electrons. The van der Waals surface area contributed by atoms with E-state index in [1.807, 2.05) is 20.8 Å². The number of carbonyl (C=O) groups excluding carboxylic acids is 3. The molecule has 3 aromatic rings. The number of benzene rings is 2. The van der Waals surface area contributed by atoms with Crippen LogP contribution in [0.25, 0.3) is 22.8 Å². The first kappa shape index (κ1) is 27.3. The van der Waals surface area contributed by atoms with Gasteiger partial charge < -0.3 is 19.3 Å². The zero-order valence-corrected chi connectivity index (χ0v) is 21.0. The molecule has 0 unspecified atom stereocenters. The molecule has 0 bridgehead atoms. The zero-order valence-electron chi connectivity index (χ0n) is 21.0. The lowest BCUT2D eigenvalue weighted by molar-refractivity contribution is -0.135. The summed E-state index contributed by atoms with van der Waals surface area (Å²) in [5.41, 5.74) is 0.654. The second kappa shape index (κ2) is 13.1. The Morgan fingerprint density at radius 2 is 1.19 bits per heavy atom. The number of carbonyl (C=O) groups is 3. The molecule has 0 aliphatic heterocycles. The number of nitrogens with zero attached hydrogens (tertiary/aromatic N) is 3. The van der Waals surface area contributed by atoms with Crippen LogP contribution in [0.1, 0.15) is 59.3 Å². The fraction of sp³-hybridized carbons (Fsp3) is 0.333. The molecule has 1 heterocycles. The van der Waals surface area contributed by atoms with E-state index in [1.54, 1.807) is 12.1 Å². The summed E-state index contributed by atoms with van der Waals surface area (Å²) in [4.78, 5) is 48.7. The summed E-state index contributed by atoms with van der Waals surface area (Å²) < 4.78 is 16.1. The summed E-state index contributed by atoms with van der Waals surface area (Å²) in [6.07, 6.45) is 3.86. The molecule has 2 aromatic carbocycles. The fourth-order valence-electron chi connectivity index (χ4n) is 3.31. The lowest BCUT2D eigenvalue weighted by atomic mass is 10.1. The predicted octanol–water partition coefficient (Wildman–Crippen LogP) is 5.03. The Morgan fingerprint density at radius 1 is 0.703 bits per heavy atom. The minimum atomic E-state index is -0.457. The first-order valence-electron chi connectivity index (χ1n) is 12.1. The van der Waals surface area contributed by atoms with Gasteiger partial charge in [0.15, 0.2) is 11.6 Å². The molecular formula is C27H29N3O7. The topological polar surface area (TPSA) is 138 Å². The van der Waals surface area contributed by atoms with Crippen molar-refractivity contribution < 1.29 is 33.7 Å². The summed E-state index contributed by atoms with van der Waals surface area (Å²) in [6, 6.07) is 8.95. The Kier molecular flexibility index (Phi) is 9.65. The molecule has 0 saturated heterocycles. The lowest BCUT2D eigenvalue weighted by Gasteiger charge is -2.12. The van der Waals surface area contributed by atoms with E-state index in [9.17, 15) is 19.5 Å². The monoisotopic (exact) mass is 507 g/mol. The molecule has 0 saturated carbocycles. The highest BCUT2D eigenvalue weighted by molar-refractivity contribution is 5.78. The fourth-order valence-corrected chi connectivity index (χ4v) is 3.31. The summed E-state index contributed by atoms with van der Waals surface area (Å²) >= 11 is 0. The maximum Gasteiger partial charge on any atom is 0.311 e. The van der Waals surface area contributed by atoms with E-state index in [2.05, 4.69) is 15.0 Å². The molecule has 0 atom stereocenters. The van der Waals surface area contributed by atoms with E-state index in [1.165, 1.54) is 30.6 Å². The van der Waals surface area contributed by atoms with Crippen LogP contribution in [0.4, 0.5) is 0 Å². The van der Waals surface area contributed by atoms with Gasteiger partial charge in [0, 0.05) is 31.4 Å². The maximum absolute atomic E-state index is 12.3. The van der Waals surface area contributed by atoms with Crippen LogP contribution in [0.5, 0.6) is 23.0 Å². The number of hydrogen-bond acceptors (Lipinski definition) is 10. The van der Waals surface area contributed by atoms with E-state index in [-0.39, 0.29) is 59.5 Å². The molecule has 1 N–H and O–H groups in total. The number of aromatic nitrogens is 3. The number of hydrogen-bond donors (Lipinski definition) is 1. The van der Waals surface area contributed by atoms with E-state index >= 15 is 0 Å². The highest BCUT2D eigenvalue weighted by Gasteiger charge is 2.18. The van der Waals surface area contributed by atoms with Gasteiger partial charge in [-0.05, 0) is 43.5 Å². The number of esters is 3. The van der Waals surface area contributed by atoms with Crippen LogP contribution in [-0.2, 0) is 14.4 Å². The van der Waals surface area contributed by atoms with Gasteiger partial charge in [-0.1, -0.05) is 20.8 Å². The van der Waals surface area contributed by atoms with E-state index in [4.69, 9.17) is 14.2 Å². The van der Waals surface area contributed by atoms with Gasteiger partial charge in [-0.15, -0.1) is 0 Å². The Hall–Kier alpha value is -4.34. The van der Waals surface area contributed by atoms with Crippen LogP contribution < -0.4 is 14.2 Å². The van der Waals surface area contributed by atoms with Gasteiger partial charge in [0.1, 0.15) is 29.3 Å². The first-order valence-corrected chi connectivity index (χ1v) is 12.1. The summed E-state index contributed by atoms with van der Waals surface area (Å²) in [5.74, 6) is -0.568. The average molecular weight is 508 g/mol. The third kappa shape index (κ3) is 7.57. The van der Waals surface area contributed by atoms with Crippen LogP contribution >= 0.6 is 0 Å². The quantitative estimate of drug-likeness (QED) is 0.278. The second-order valence-corrected chi connectivity index (χ2v) is 8.14. The minimum Gasteiger partial charge on any atom is -0.507 e. The van der Waals surface area contributed by atoms with Crippen molar-refractivity contribution in [1.29, 1.82) is 0 Å². The van der Waals surface area contributed by atoms with Crippen molar-refractivity contribution in [2.45, 2.75) is 59.3 Å². The van der Waals surface area contributed by atoms with E-state index < -0.39 is 17.9 Å². The molecule has 0 aliphatic carbocycles. The van der Waals surface area contributed by atoms with Gasteiger partial charge >= 0.3 is 17.9 Å². The average Bonchev–Trinajstić information content (AvgIpc) is 2.85. The normalized spacial score (nSPS) is 10.6. The number of phenolic OH excluding ortho intramolecular Hbond substituents is 1. The SMILES string of the molecule is CCCC(=O)Oc1ccc(-c2ncnc(-c3ccc(OC(=O)CCC)cc3OC(=O)CCC)n2)c(O)c1. The summed E-state index contributed by atoms with van der Waals surface area (Å²) in [7, 11) is 0. The lowest BCUT2D eigenvalue weighted by Crippen LogP contribution is -2.10. The van der Waals surface area contributed by atoms with Crippen LogP contribution in [0.3, 0.4) is 0 Å². The van der Waals surface area contributed by atoms with Gasteiger partial charge in [0.05, 0.1) is 11.1 Å². The molecule has 1 aromatic heterocycles. The van der Waals surface area contributed by atoms with Crippen molar-refractivity contribution in [1.82, 2.24) is 15.0 Å². The molecule has 0 amide bonds. The first-order chi connectivity index (χ1) is 17.8. The van der Waals surface area contributed by atoms with Gasteiger partial charge in [0.2, 0.25) is 0 Å². The smallest absolute Gasteiger partial charge is 0.311 e. The van der Waals surface area contributed by atoms with Gasteiger partial charge in [-0.25, -0.2) is 15.0 Å². The van der Waals surface area contributed by atoms with Crippen LogP contribution in [0.2, 0.25) is 0 Å². The van der Waals surface area contributed by atoms with Gasteiger partial charge in [0.25, 0.3) is 0 Å². The molecule has 3 rings (SSSR count). The van der Waals surface area contributed by atoms with Crippen molar-refractivity contribution in [2.75, 3.05) is 0 Å². The molecule has 37 heavy (non-hydrogen) atoms. The van der Waals surface area contributed by atoms with Crippen LogP contribution in [-0.4, -0.2) is 38.0 Å². The zero-order chi connectivity index (χ0) is 26.8. The Labute approximate surface area is 214 Å². The Balaban J connectivity index is 1.95. The summed E-state index contributed by atoms with van der Waals surface area (Å²) in [5, 5.41) is 10.5. The molecule has 0 aliphatic rings. The minimum absolute atomic E-state index is 0.125. The van der Waals surface area contributed by atoms with Crippen molar-refractivity contribution in [3.05, 3.63) is 42.7 Å². The highest BCUT2D eigenvalue weighted by Crippen LogP contribution is 2.35. The van der Waals surface area contributed by atoms with Crippen molar-refractivity contribution in [2.24, 2.45) is 0 Å². The van der Waals surface area contributed by atoms with Crippen molar-refractivity contribution in [3.8, 4) is 45.8 Å². The number of phenols is 1. The summed E-state index contributed by atoms with van der Waals surface area (Å²) in [6.45, 7) is 5.58. The molecule has 0 fully saturated rings. The van der Waals surface area contributed by atoms with Crippen LogP contribution in [0.15, 0.2) is 42.7 Å². The van der Waals surface area contributed by atoms with E-state index in [0.29, 0.717) is 24.8 Å². The third-order valence-corrected chi connectivity index (χ3v) is 5.03. The molecular weight excluding hydrogens is 478 g/mol. The van der Waals surface area contributed by atoms with Gasteiger partial charge in [-0.3, -0.25) is 14.4 Å². The van der Waals surface area contributed by atoms with Gasteiger partial charge in [-0.2, -0.15) is 0 Å². The van der Waals surface area contributed by atoms with Crippen LogP contribution in [0, 0.1) is 0 Å². The molecule has 10 nitrogen and oxygen atoms in total. The molecule has 0 spiro atoms. The standard InChI is InChI=1S/C27H29N3O7/c1-4-7-23(32)35-17-10-12-19(21(31)14-17)26-28-16-29-27(30-26)20-13-11-18(36-24(33)8-5-2)15-22(20)37-25(34)9-6-3/h10-16,31H,4-9H2,1-3H3. The predicted molar refractivity (Wildman–Crippen MR) is 134 cm³/mol. The van der Waals surface area contributed by atoms with E-state index in [0.717, 1.165) is 0 Å². The Bertz CT molecular complexity index is 1280. The maximum atomic E-state index is 12.3. The van der Waals surface area contributed by atoms with Crippen molar-refractivity contribution >= 4 is 17.9 Å². The number of ether oxygens (including phenoxy) is 3. The Morgan fingerprint density at radius 3 is 1.73 bits per heavy atom. The second-order valence-electron chi connectivity index (χ2n) is 8.14. The molecule has 10 heteroatoms. The number of aromatic hydroxyl groups is 1. The highest BCUT2D eigenvalue weighted by atomic mass is 16.5. The third-order valence-electron chi connectivity index (χ3n) is 5.03. The largest absolute Gasteiger partial charge is 0.507 e.